The molecular weight excluding hydrogens is 550 g/mol. The molecule has 3 aliphatic heterocycles. The molecule has 3 fully saturated rings. The number of hydroxylamine groups is 1. The van der Waals surface area contributed by atoms with Gasteiger partial charge >= 0.3 is 6.03 Å². The van der Waals surface area contributed by atoms with E-state index < -0.39 is 26.8 Å². The van der Waals surface area contributed by atoms with Crippen LogP contribution in [0.5, 0.6) is 0 Å². The molecule has 0 bridgehead atoms. The van der Waals surface area contributed by atoms with Crippen molar-refractivity contribution in [3.8, 4) is 0 Å². The SMILES string of the molecule is O=C(CC1(c2ccc(Br)s2)CCN(C(=O)N2CCOCC2)CCS1(=O)=O)NOC1CCCCO1. The topological polar surface area (TPSA) is 114 Å². The van der Waals surface area contributed by atoms with E-state index in [-0.39, 0.29) is 37.7 Å². The van der Waals surface area contributed by atoms with Crippen LogP contribution in [-0.2, 0) is 33.7 Å². The second-order valence-corrected chi connectivity index (χ2v) is 13.5. The molecule has 0 aromatic carbocycles. The molecule has 190 valence electrons. The van der Waals surface area contributed by atoms with Crippen molar-refractivity contribution in [1.82, 2.24) is 15.3 Å². The van der Waals surface area contributed by atoms with Gasteiger partial charge in [0.2, 0.25) is 5.91 Å². The predicted molar refractivity (Wildman–Crippen MR) is 129 cm³/mol. The molecule has 2 unspecified atom stereocenters. The highest BCUT2D eigenvalue weighted by atomic mass is 79.9. The van der Waals surface area contributed by atoms with E-state index in [2.05, 4.69) is 21.4 Å². The van der Waals surface area contributed by atoms with Crippen LogP contribution in [-0.4, -0.2) is 88.2 Å². The van der Waals surface area contributed by atoms with Crippen LogP contribution in [0.25, 0.3) is 0 Å². The van der Waals surface area contributed by atoms with Gasteiger partial charge in [0, 0.05) is 44.1 Å². The van der Waals surface area contributed by atoms with Crippen molar-refractivity contribution >= 4 is 49.0 Å². The summed E-state index contributed by atoms with van der Waals surface area (Å²) >= 11 is 4.71. The normalized spacial score (nSPS) is 27.7. The molecule has 1 N–H and O–H groups in total. The smallest absolute Gasteiger partial charge is 0.320 e. The van der Waals surface area contributed by atoms with Crippen LogP contribution < -0.4 is 5.48 Å². The van der Waals surface area contributed by atoms with Crippen molar-refractivity contribution in [2.24, 2.45) is 0 Å². The van der Waals surface area contributed by atoms with E-state index in [0.29, 0.717) is 44.2 Å². The second-order valence-electron chi connectivity index (χ2n) is 8.65. The highest BCUT2D eigenvalue weighted by molar-refractivity contribution is 9.11. The number of halogens is 1. The van der Waals surface area contributed by atoms with Crippen LogP contribution in [0.15, 0.2) is 15.9 Å². The average Bonchev–Trinajstić information content (AvgIpc) is 3.23. The highest BCUT2D eigenvalue weighted by Gasteiger charge is 2.50. The molecule has 0 spiro atoms. The number of urea groups is 1. The summed E-state index contributed by atoms with van der Waals surface area (Å²) in [5.74, 6) is -0.756. The minimum Gasteiger partial charge on any atom is -0.378 e. The molecule has 3 saturated heterocycles. The molecule has 10 nitrogen and oxygen atoms in total. The minimum absolute atomic E-state index is 0.0842. The van der Waals surface area contributed by atoms with Crippen molar-refractivity contribution < 1.29 is 32.3 Å². The molecule has 1 aromatic rings. The third kappa shape index (κ3) is 5.76. The van der Waals surface area contributed by atoms with Gasteiger partial charge in [-0.3, -0.25) is 4.79 Å². The Kier molecular flexibility index (Phi) is 8.52. The lowest BCUT2D eigenvalue weighted by Gasteiger charge is -2.33. The van der Waals surface area contributed by atoms with Gasteiger partial charge in [0.15, 0.2) is 16.1 Å². The lowest BCUT2D eigenvalue weighted by Crippen LogP contribution is -2.49. The largest absolute Gasteiger partial charge is 0.378 e. The van der Waals surface area contributed by atoms with Crippen molar-refractivity contribution in [1.29, 1.82) is 0 Å². The summed E-state index contributed by atoms with van der Waals surface area (Å²) in [5, 5.41) is 0. The number of hydrogen-bond acceptors (Lipinski definition) is 8. The number of hydrogen-bond donors (Lipinski definition) is 1. The van der Waals surface area contributed by atoms with Crippen LogP contribution >= 0.6 is 27.3 Å². The Morgan fingerprint density at radius 1 is 1.15 bits per heavy atom. The van der Waals surface area contributed by atoms with E-state index in [1.54, 1.807) is 21.9 Å². The molecule has 0 radical (unpaired) electrons. The Morgan fingerprint density at radius 2 is 1.91 bits per heavy atom. The van der Waals surface area contributed by atoms with Crippen molar-refractivity contribution in [2.45, 2.75) is 43.1 Å². The van der Waals surface area contributed by atoms with Crippen LogP contribution in [0.4, 0.5) is 4.79 Å². The molecule has 0 saturated carbocycles. The third-order valence-electron chi connectivity index (χ3n) is 6.47. The van der Waals surface area contributed by atoms with Gasteiger partial charge in [-0.25, -0.2) is 23.5 Å². The molecule has 0 aliphatic carbocycles. The zero-order valence-corrected chi connectivity index (χ0v) is 22.1. The van der Waals surface area contributed by atoms with Crippen LogP contribution in [0.3, 0.4) is 0 Å². The van der Waals surface area contributed by atoms with E-state index in [4.69, 9.17) is 14.3 Å². The number of sulfone groups is 1. The van der Waals surface area contributed by atoms with E-state index in [9.17, 15) is 18.0 Å². The summed E-state index contributed by atoms with van der Waals surface area (Å²) in [6.07, 6.45) is 1.84. The number of nitrogens with zero attached hydrogens (tertiary/aromatic N) is 2. The molecule has 2 atom stereocenters. The number of morpholine rings is 1. The fourth-order valence-electron chi connectivity index (χ4n) is 4.51. The summed E-state index contributed by atoms with van der Waals surface area (Å²) in [5.41, 5.74) is 2.41. The first-order valence-corrected chi connectivity index (χ1v) is 14.7. The summed E-state index contributed by atoms with van der Waals surface area (Å²) in [7, 11) is -3.79. The maximum absolute atomic E-state index is 13.7. The van der Waals surface area contributed by atoms with E-state index in [1.165, 1.54) is 11.3 Å². The monoisotopic (exact) mass is 579 g/mol. The maximum atomic E-state index is 13.7. The lowest BCUT2D eigenvalue weighted by atomic mass is 9.97. The van der Waals surface area contributed by atoms with Gasteiger partial charge in [-0.15, -0.1) is 11.3 Å². The molecule has 3 amide bonds. The van der Waals surface area contributed by atoms with Gasteiger partial charge in [0.05, 0.1) is 29.2 Å². The fourth-order valence-corrected chi connectivity index (χ4v) is 8.49. The summed E-state index contributed by atoms with van der Waals surface area (Å²) in [6.45, 7) is 2.77. The predicted octanol–water partition coefficient (Wildman–Crippen LogP) is 2.24. The number of amides is 3. The van der Waals surface area contributed by atoms with Gasteiger partial charge in [-0.2, -0.15) is 0 Å². The molecule has 13 heteroatoms. The zero-order valence-electron chi connectivity index (χ0n) is 18.9. The summed E-state index contributed by atoms with van der Waals surface area (Å²) in [6, 6.07) is 3.33. The molecule has 34 heavy (non-hydrogen) atoms. The summed E-state index contributed by atoms with van der Waals surface area (Å²) in [4.78, 5) is 35.2. The number of rotatable bonds is 5. The quantitative estimate of drug-likeness (QED) is 0.532. The first-order chi connectivity index (χ1) is 16.3. The van der Waals surface area contributed by atoms with E-state index in [1.807, 2.05) is 0 Å². The van der Waals surface area contributed by atoms with Crippen LogP contribution in [0, 0.1) is 0 Å². The fraction of sp³-hybridized carbons (Fsp3) is 0.714. The van der Waals surface area contributed by atoms with E-state index in [0.717, 1.165) is 16.6 Å². The molecular formula is C21H30BrN3O7S2. The summed E-state index contributed by atoms with van der Waals surface area (Å²) < 4.78 is 37.5. The average molecular weight is 581 g/mol. The number of ether oxygens (including phenoxy) is 2. The Labute approximate surface area is 211 Å². The van der Waals surface area contributed by atoms with Crippen LogP contribution in [0.1, 0.15) is 37.0 Å². The van der Waals surface area contributed by atoms with Gasteiger partial charge in [0.25, 0.3) is 0 Å². The number of carbonyl (C=O) groups is 2. The Bertz CT molecular complexity index is 977. The molecule has 1 aromatic heterocycles. The van der Waals surface area contributed by atoms with Crippen molar-refractivity contribution in [2.75, 3.05) is 51.8 Å². The van der Waals surface area contributed by atoms with Gasteiger partial charge in [-0.05, 0) is 47.3 Å². The number of nitrogens with one attached hydrogen (secondary N) is 1. The van der Waals surface area contributed by atoms with Gasteiger partial charge in [-0.1, -0.05) is 0 Å². The number of carbonyl (C=O) groups excluding carboxylic acids is 2. The van der Waals surface area contributed by atoms with E-state index >= 15 is 0 Å². The Morgan fingerprint density at radius 3 is 2.59 bits per heavy atom. The zero-order chi connectivity index (χ0) is 24.2. The molecule has 4 rings (SSSR count). The molecule has 3 aliphatic rings. The molecule has 4 heterocycles. The van der Waals surface area contributed by atoms with Crippen molar-refractivity contribution in [3.63, 3.8) is 0 Å². The van der Waals surface area contributed by atoms with Gasteiger partial charge < -0.3 is 19.3 Å². The Balaban J connectivity index is 1.53. The standard InChI is InChI=1S/C21H30BrN3O7S2/c22-17-5-4-16(33-17)21(15-18(26)23-32-19-3-1-2-11-31-19)6-7-24(10-14-34(21,28)29)20(27)25-8-12-30-13-9-25/h4-5,19H,1-3,6-15H2,(H,23,26). The van der Waals surface area contributed by atoms with Crippen LogP contribution in [0.2, 0.25) is 0 Å². The first kappa shape index (κ1) is 25.8. The maximum Gasteiger partial charge on any atom is 0.320 e. The lowest BCUT2D eigenvalue weighted by molar-refractivity contribution is -0.200. The first-order valence-electron chi connectivity index (χ1n) is 11.5. The minimum atomic E-state index is -3.79. The van der Waals surface area contributed by atoms with Crippen molar-refractivity contribution in [3.05, 3.63) is 20.8 Å². The Hall–Kier alpha value is -1.25. The van der Waals surface area contributed by atoms with Gasteiger partial charge in [0.1, 0.15) is 4.75 Å². The second kappa shape index (κ2) is 11.2. The highest BCUT2D eigenvalue weighted by Crippen LogP contribution is 2.44. The number of thiophene rings is 1. The third-order valence-corrected chi connectivity index (χ3v) is 10.9.